The van der Waals surface area contributed by atoms with Crippen LogP contribution in [-0.2, 0) is 11.3 Å². The molecule has 94 valence electrons. The van der Waals surface area contributed by atoms with Gasteiger partial charge in [-0.2, -0.15) is 0 Å². The van der Waals surface area contributed by atoms with Crippen LogP contribution in [0.2, 0.25) is 0 Å². The summed E-state index contributed by atoms with van der Waals surface area (Å²) in [5, 5.41) is 5.96. The summed E-state index contributed by atoms with van der Waals surface area (Å²) in [5.74, 6) is 0. The highest BCUT2D eigenvalue weighted by Crippen LogP contribution is 2.17. The molecule has 0 saturated carbocycles. The molecule has 1 aromatic heterocycles. The lowest BCUT2D eigenvalue weighted by Crippen LogP contribution is -2.41. The van der Waals surface area contributed by atoms with E-state index >= 15 is 0 Å². The number of ether oxygens (including phenoxy) is 1. The van der Waals surface area contributed by atoms with E-state index in [-0.39, 0.29) is 0 Å². The topological polar surface area (TPSA) is 24.5 Å². The number of rotatable bonds is 4. The van der Waals surface area contributed by atoms with E-state index in [0.717, 1.165) is 31.2 Å². The Balaban J connectivity index is 1.94. The monoisotopic (exact) mass is 270 g/mol. The highest BCUT2D eigenvalue weighted by Gasteiger charge is 2.20. The molecular weight excluding hydrogens is 252 g/mol. The van der Waals surface area contributed by atoms with Crippen molar-refractivity contribution < 1.29 is 4.74 Å². The number of thiophene rings is 1. The van der Waals surface area contributed by atoms with Gasteiger partial charge in [0.05, 0.1) is 12.6 Å². The smallest absolute Gasteiger partial charge is 0.169 e. The van der Waals surface area contributed by atoms with Crippen LogP contribution in [0.5, 0.6) is 0 Å². The summed E-state index contributed by atoms with van der Waals surface area (Å²) >= 11 is 7.12. The van der Waals surface area contributed by atoms with Gasteiger partial charge in [-0.3, -0.25) is 0 Å². The Bertz CT molecular complexity index is 347. The molecule has 0 bridgehead atoms. The van der Waals surface area contributed by atoms with Crippen molar-refractivity contribution in [2.24, 2.45) is 0 Å². The summed E-state index contributed by atoms with van der Waals surface area (Å²) in [6.07, 6.45) is 2.65. The third kappa shape index (κ3) is 3.66. The van der Waals surface area contributed by atoms with Gasteiger partial charge in [0.15, 0.2) is 5.11 Å². The third-order valence-electron chi connectivity index (χ3n) is 2.88. The molecule has 2 rings (SSSR count). The maximum Gasteiger partial charge on any atom is 0.169 e. The van der Waals surface area contributed by atoms with E-state index in [9.17, 15) is 0 Å². The second-order valence-corrected chi connectivity index (χ2v) is 5.57. The molecule has 0 aromatic carbocycles. The maximum absolute atomic E-state index is 5.67. The Kier molecular flexibility index (Phi) is 4.76. The molecule has 17 heavy (non-hydrogen) atoms. The van der Waals surface area contributed by atoms with Crippen molar-refractivity contribution in [3.63, 3.8) is 0 Å². The van der Waals surface area contributed by atoms with E-state index in [1.807, 2.05) is 7.05 Å². The minimum absolute atomic E-state index is 0.335. The molecule has 5 heteroatoms. The van der Waals surface area contributed by atoms with Crippen LogP contribution < -0.4 is 5.32 Å². The summed E-state index contributed by atoms with van der Waals surface area (Å²) in [6, 6.07) is 4.22. The fraction of sp³-hybridized carbons (Fsp3) is 0.583. The van der Waals surface area contributed by atoms with Crippen molar-refractivity contribution in [2.45, 2.75) is 25.5 Å². The van der Waals surface area contributed by atoms with Crippen LogP contribution in [0.15, 0.2) is 17.5 Å². The first-order valence-electron chi connectivity index (χ1n) is 5.90. The van der Waals surface area contributed by atoms with Crippen LogP contribution in [0.4, 0.5) is 0 Å². The highest BCUT2D eigenvalue weighted by molar-refractivity contribution is 7.80. The summed E-state index contributed by atoms with van der Waals surface area (Å²) in [5.41, 5.74) is 0. The van der Waals surface area contributed by atoms with Crippen molar-refractivity contribution in [2.75, 3.05) is 20.2 Å². The first kappa shape index (κ1) is 12.8. The lowest BCUT2D eigenvalue weighted by Gasteiger charge is -2.26. The van der Waals surface area contributed by atoms with Gasteiger partial charge >= 0.3 is 0 Å². The van der Waals surface area contributed by atoms with E-state index < -0.39 is 0 Å². The van der Waals surface area contributed by atoms with E-state index in [1.165, 1.54) is 11.3 Å². The minimum atomic E-state index is 0.335. The van der Waals surface area contributed by atoms with Crippen LogP contribution in [-0.4, -0.2) is 36.3 Å². The largest absolute Gasteiger partial charge is 0.376 e. The van der Waals surface area contributed by atoms with Gasteiger partial charge in [-0.15, -0.1) is 11.3 Å². The first-order valence-corrected chi connectivity index (χ1v) is 7.19. The van der Waals surface area contributed by atoms with Gasteiger partial charge in [0, 0.05) is 25.1 Å². The Morgan fingerprint density at radius 1 is 1.71 bits per heavy atom. The molecule has 0 spiro atoms. The molecule has 1 saturated heterocycles. The molecule has 0 unspecified atom stereocenters. The van der Waals surface area contributed by atoms with Crippen molar-refractivity contribution >= 4 is 28.7 Å². The highest BCUT2D eigenvalue weighted by atomic mass is 32.1. The Morgan fingerprint density at radius 2 is 2.59 bits per heavy atom. The second kappa shape index (κ2) is 6.33. The quantitative estimate of drug-likeness (QED) is 0.848. The average Bonchev–Trinajstić information content (AvgIpc) is 3.00. The number of hydrogen-bond donors (Lipinski definition) is 1. The van der Waals surface area contributed by atoms with Gasteiger partial charge in [-0.25, -0.2) is 0 Å². The van der Waals surface area contributed by atoms with E-state index in [4.69, 9.17) is 17.0 Å². The number of thiocarbonyl (C=S) groups is 1. The maximum atomic E-state index is 5.67. The summed E-state index contributed by atoms with van der Waals surface area (Å²) in [7, 11) is 1.87. The number of hydrogen-bond acceptors (Lipinski definition) is 3. The standard InChI is InChI=1S/C12H18N2OS2/c1-13-12(16)14(8-10-4-2-6-15-10)9-11-5-3-7-17-11/h3,5,7,10H,2,4,6,8-9H2,1H3,(H,13,16)/t10-/m1/s1. The molecule has 1 aromatic rings. The molecule has 0 radical (unpaired) electrons. The normalized spacial score (nSPS) is 19.2. The van der Waals surface area contributed by atoms with Crippen molar-refractivity contribution in [1.29, 1.82) is 0 Å². The first-order chi connectivity index (χ1) is 8.29. The zero-order valence-electron chi connectivity index (χ0n) is 10.0. The van der Waals surface area contributed by atoms with E-state index in [1.54, 1.807) is 11.3 Å². The summed E-state index contributed by atoms with van der Waals surface area (Å²) in [4.78, 5) is 3.53. The fourth-order valence-corrected chi connectivity index (χ4v) is 2.86. The van der Waals surface area contributed by atoms with E-state index in [2.05, 4.69) is 27.7 Å². The molecule has 1 N–H and O–H groups in total. The molecule has 1 atom stereocenters. The van der Waals surface area contributed by atoms with Crippen LogP contribution in [0, 0.1) is 0 Å². The van der Waals surface area contributed by atoms with Gasteiger partial charge in [-0.1, -0.05) is 6.07 Å². The van der Waals surface area contributed by atoms with Gasteiger partial charge in [0.2, 0.25) is 0 Å². The van der Waals surface area contributed by atoms with Gasteiger partial charge in [0.25, 0.3) is 0 Å². The van der Waals surface area contributed by atoms with Gasteiger partial charge < -0.3 is 15.0 Å². The van der Waals surface area contributed by atoms with Crippen molar-refractivity contribution in [3.8, 4) is 0 Å². The van der Waals surface area contributed by atoms with Crippen LogP contribution in [0.3, 0.4) is 0 Å². The summed E-state index contributed by atoms with van der Waals surface area (Å²) in [6.45, 7) is 2.65. The molecular formula is C12H18N2OS2. The second-order valence-electron chi connectivity index (χ2n) is 4.15. The van der Waals surface area contributed by atoms with Crippen molar-refractivity contribution in [1.82, 2.24) is 10.2 Å². The lowest BCUT2D eigenvalue weighted by molar-refractivity contribution is 0.0900. The fourth-order valence-electron chi connectivity index (χ4n) is 2.00. The Hall–Kier alpha value is -0.650. The predicted molar refractivity (Wildman–Crippen MR) is 75.4 cm³/mol. The van der Waals surface area contributed by atoms with Crippen molar-refractivity contribution in [3.05, 3.63) is 22.4 Å². The SMILES string of the molecule is CNC(=S)N(Cc1cccs1)C[C@H]1CCCO1. The molecule has 1 aliphatic heterocycles. The summed E-state index contributed by atoms with van der Waals surface area (Å²) < 4.78 is 5.67. The predicted octanol–water partition coefficient (Wildman–Crippen LogP) is 2.23. The van der Waals surface area contributed by atoms with Crippen LogP contribution >= 0.6 is 23.6 Å². The molecule has 1 fully saturated rings. The number of nitrogens with one attached hydrogen (secondary N) is 1. The minimum Gasteiger partial charge on any atom is -0.376 e. The molecule has 2 heterocycles. The third-order valence-corrected chi connectivity index (χ3v) is 4.20. The molecule has 3 nitrogen and oxygen atoms in total. The lowest BCUT2D eigenvalue weighted by atomic mass is 10.2. The van der Waals surface area contributed by atoms with Crippen LogP contribution in [0.25, 0.3) is 0 Å². The number of nitrogens with zero attached hydrogens (tertiary/aromatic N) is 1. The molecule has 0 amide bonds. The zero-order valence-corrected chi connectivity index (χ0v) is 11.6. The molecule has 1 aliphatic rings. The Morgan fingerprint density at radius 3 is 3.18 bits per heavy atom. The van der Waals surface area contributed by atoms with Gasteiger partial charge in [-0.05, 0) is 36.5 Å². The van der Waals surface area contributed by atoms with Crippen LogP contribution in [0.1, 0.15) is 17.7 Å². The van der Waals surface area contributed by atoms with E-state index in [0.29, 0.717) is 6.10 Å². The van der Waals surface area contributed by atoms with Gasteiger partial charge in [0.1, 0.15) is 0 Å². The Labute approximate surface area is 112 Å². The zero-order chi connectivity index (χ0) is 12.1. The molecule has 0 aliphatic carbocycles. The average molecular weight is 270 g/mol.